The van der Waals surface area contributed by atoms with Crippen LogP contribution in [0, 0.1) is 0 Å². The molecule has 0 spiro atoms. The van der Waals surface area contributed by atoms with Gasteiger partial charge in [-0.05, 0) is 12.8 Å². The minimum absolute atomic E-state index is 0.180. The van der Waals surface area contributed by atoms with Crippen LogP contribution in [-0.2, 0) is 9.53 Å². The number of nitrogens with one attached hydrogen (secondary N) is 1. The van der Waals surface area contributed by atoms with Gasteiger partial charge >= 0.3 is 12.1 Å². The first-order valence-electron chi connectivity index (χ1n) is 5.04. The smallest absolute Gasteiger partial charge is 0.381 e. The lowest BCUT2D eigenvalue weighted by Gasteiger charge is -2.18. The third-order valence-electron chi connectivity index (χ3n) is 1.74. The minimum atomic E-state index is -5.87. The highest BCUT2D eigenvalue weighted by atomic mass is 19.4. The SMILES string of the molecule is CCCOCCCNC(=O)C(F)(F)C(F)(F)F. The molecule has 0 aromatic rings. The van der Waals surface area contributed by atoms with Gasteiger partial charge in [0.15, 0.2) is 0 Å². The Morgan fingerprint density at radius 1 is 1.18 bits per heavy atom. The first-order valence-corrected chi connectivity index (χ1v) is 5.04. The van der Waals surface area contributed by atoms with Gasteiger partial charge in [0.05, 0.1) is 0 Å². The summed E-state index contributed by atoms with van der Waals surface area (Å²) in [6, 6.07) is 0. The maximum absolute atomic E-state index is 12.4. The molecule has 0 rings (SSSR count). The van der Waals surface area contributed by atoms with E-state index >= 15 is 0 Å². The number of halogens is 5. The summed E-state index contributed by atoms with van der Waals surface area (Å²) >= 11 is 0. The highest BCUT2D eigenvalue weighted by Crippen LogP contribution is 2.35. The van der Waals surface area contributed by atoms with Crippen molar-refractivity contribution in [3.8, 4) is 0 Å². The molecule has 17 heavy (non-hydrogen) atoms. The number of rotatable bonds is 7. The summed E-state index contributed by atoms with van der Waals surface area (Å²) in [5.74, 6) is -7.68. The Morgan fingerprint density at radius 3 is 2.24 bits per heavy atom. The lowest BCUT2D eigenvalue weighted by atomic mass is 10.3. The fraction of sp³-hybridized carbons (Fsp3) is 0.889. The molecule has 0 fully saturated rings. The normalized spacial score (nSPS) is 12.6. The average molecular weight is 263 g/mol. The molecule has 8 heteroatoms. The van der Waals surface area contributed by atoms with Gasteiger partial charge in [0.25, 0.3) is 5.91 Å². The second kappa shape index (κ2) is 6.73. The Kier molecular flexibility index (Phi) is 6.36. The molecule has 0 aromatic heterocycles. The maximum atomic E-state index is 12.4. The lowest BCUT2D eigenvalue weighted by molar-refractivity contribution is -0.269. The molecule has 1 N–H and O–H groups in total. The number of amides is 1. The quantitative estimate of drug-likeness (QED) is 0.564. The van der Waals surface area contributed by atoms with E-state index in [4.69, 9.17) is 4.74 Å². The Labute approximate surface area is 95.3 Å². The Hall–Kier alpha value is -0.920. The fourth-order valence-corrected chi connectivity index (χ4v) is 0.862. The van der Waals surface area contributed by atoms with E-state index in [9.17, 15) is 26.7 Å². The molecule has 0 saturated carbocycles. The zero-order valence-electron chi connectivity index (χ0n) is 9.24. The maximum Gasteiger partial charge on any atom is 0.463 e. The Morgan fingerprint density at radius 2 is 1.76 bits per heavy atom. The molecule has 0 saturated heterocycles. The molecule has 0 aromatic carbocycles. The van der Waals surface area contributed by atoms with Gasteiger partial charge in [0.2, 0.25) is 0 Å². The summed E-state index contributed by atoms with van der Waals surface area (Å²) in [6.45, 7) is 2.26. The van der Waals surface area contributed by atoms with Crippen LogP contribution in [0.15, 0.2) is 0 Å². The van der Waals surface area contributed by atoms with Crippen molar-refractivity contribution < 1.29 is 31.5 Å². The number of ether oxygens (including phenoxy) is 1. The molecule has 0 aliphatic heterocycles. The average Bonchev–Trinajstić information content (AvgIpc) is 2.21. The van der Waals surface area contributed by atoms with Gasteiger partial charge in [0.1, 0.15) is 0 Å². The predicted octanol–water partition coefficient (Wildman–Crippen LogP) is 2.12. The Balaban J connectivity index is 3.87. The molecule has 0 aliphatic rings. The van der Waals surface area contributed by atoms with Crippen LogP contribution in [0.5, 0.6) is 0 Å². The number of alkyl halides is 5. The van der Waals surface area contributed by atoms with Crippen molar-refractivity contribution in [1.82, 2.24) is 5.32 Å². The zero-order valence-corrected chi connectivity index (χ0v) is 9.24. The van der Waals surface area contributed by atoms with E-state index in [-0.39, 0.29) is 19.6 Å². The highest BCUT2D eigenvalue weighted by molar-refractivity contribution is 5.84. The van der Waals surface area contributed by atoms with E-state index < -0.39 is 18.0 Å². The minimum Gasteiger partial charge on any atom is -0.381 e. The molecule has 0 aliphatic carbocycles. The number of hydrogen-bond donors (Lipinski definition) is 1. The summed E-state index contributed by atoms with van der Waals surface area (Å²) in [5.41, 5.74) is 0. The van der Waals surface area contributed by atoms with Crippen molar-refractivity contribution in [3.05, 3.63) is 0 Å². The van der Waals surface area contributed by atoms with Gasteiger partial charge in [-0.15, -0.1) is 0 Å². The standard InChI is InChI=1S/C9H14F5NO2/c1-2-5-17-6-3-4-15-7(16)8(10,11)9(12,13)14/h2-6H2,1H3,(H,15,16). The van der Waals surface area contributed by atoms with Crippen LogP contribution < -0.4 is 5.32 Å². The first-order chi connectivity index (χ1) is 7.73. The van der Waals surface area contributed by atoms with Crippen LogP contribution in [0.2, 0.25) is 0 Å². The van der Waals surface area contributed by atoms with E-state index in [2.05, 4.69) is 0 Å². The van der Waals surface area contributed by atoms with Crippen molar-refractivity contribution >= 4 is 5.91 Å². The molecule has 0 unspecified atom stereocenters. The van der Waals surface area contributed by atoms with Crippen molar-refractivity contribution in [2.45, 2.75) is 31.9 Å². The van der Waals surface area contributed by atoms with E-state index in [0.29, 0.717) is 6.61 Å². The number of hydrogen-bond acceptors (Lipinski definition) is 2. The summed E-state index contributed by atoms with van der Waals surface area (Å²) in [4.78, 5) is 10.6. The van der Waals surface area contributed by atoms with Crippen molar-refractivity contribution in [3.63, 3.8) is 0 Å². The monoisotopic (exact) mass is 263 g/mol. The fourth-order valence-electron chi connectivity index (χ4n) is 0.862. The van der Waals surface area contributed by atoms with E-state index in [0.717, 1.165) is 6.42 Å². The van der Waals surface area contributed by atoms with Crippen molar-refractivity contribution in [2.75, 3.05) is 19.8 Å². The molecular formula is C9H14F5NO2. The third-order valence-corrected chi connectivity index (χ3v) is 1.74. The number of carbonyl (C=O) groups excluding carboxylic acids is 1. The molecule has 1 amide bonds. The second-order valence-corrected chi connectivity index (χ2v) is 3.29. The molecule has 102 valence electrons. The van der Waals surface area contributed by atoms with Gasteiger partial charge in [-0.3, -0.25) is 4.79 Å². The van der Waals surface area contributed by atoms with Crippen molar-refractivity contribution in [2.24, 2.45) is 0 Å². The van der Waals surface area contributed by atoms with Crippen LogP contribution in [0.4, 0.5) is 22.0 Å². The van der Waals surface area contributed by atoms with E-state index in [1.165, 1.54) is 5.32 Å². The topological polar surface area (TPSA) is 38.3 Å². The third kappa shape index (κ3) is 5.29. The van der Waals surface area contributed by atoms with E-state index in [1.807, 2.05) is 6.92 Å². The molecule has 3 nitrogen and oxygen atoms in total. The van der Waals surface area contributed by atoms with Crippen LogP contribution in [0.3, 0.4) is 0 Å². The zero-order chi connectivity index (χ0) is 13.5. The summed E-state index contributed by atoms with van der Waals surface area (Å²) < 4.78 is 64.9. The summed E-state index contributed by atoms with van der Waals surface area (Å²) in [5, 5.41) is 1.52. The highest BCUT2D eigenvalue weighted by Gasteiger charge is 2.63. The first kappa shape index (κ1) is 16.1. The van der Waals surface area contributed by atoms with Gasteiger partial charge in [-0.25, -0.2) is 0 Å². The summed E-state index contributed by atoms with van der Waals surface area (Å²) in [6.07, 6.45) is -4.91. The van der Waals surface area contributed by atoms with Gasteiger partial charge in [-0.1, -0.05) is 6.92 Å². The second-order valence-electron chi connectivity index (χ2n) is 3.29. The van der Waals surface area contributed by atoms with Crippen LogP contribution in [0.25, 0.3) is 0 Å². The number of carbonyl (C=O) groups is 1. The molecular weight excluding hydrogens is 249 g/mol. The molecule has 0 atom stereocenters. The summed E-state index contributed by atoms with van der Waals surface area (Å²) in [7, 11) is 0. The molecule has 0 radical (unpaired) electrons. The van der Waals surface area contributed by atoms with Crippen LogP contribution in [-0.4, -0.2) is 37.8 Å². The van der Waals surface area contributed by atoms with Crippen LogP contribution >= 0.6 is 0 Å². The van der Waals surface area contributed by atoms with Crippen LogP contribution in [0.1, 0.15) is 19.8 Å². The van der Waals surface area contributed by atoms with E-state index in [1.54, 1.807) is 0 Å². The Bertz CT molecular complexity index is 242. The molecule has 0 heterocycles. The van der Waals surface area contributed by atoms with Crippen molar-refractivity contribution in [1.29, 1.82) is 0 Å². The van der Waals surface area contributed by atoms with Gasteiger partial charge in [-0.2, -0.15) is 22.0 Å². The largest absolute Gasteiger partial charge is 0.463 e. The van der Waals surface area contributed by atoms with Gasteiger partial charge < -0.3 is 10.1 Å². The predicted molar refractivity (Wildman–Crippen MR) is 49.7 cm³/mol. The van der Waals surface area contributed by atoms with Gasteiger partial charge in [0, 0.05) is 19.8 Å². The molecule has 0 bridgehead atoms. The lowest BCUT2D eigenvalue weighted by Crippen LogP contribution is -2.50.